The molecule has 1 aromatic heterocycles. The average molecular weight is 249 g/mol. The number of hydrogen-bond acceptors (Lipinski definition) is 3. The van der Waals surface area contributed by atoms with Crippen molar-refractivity contribution in [3.05, 3.63) is 24.0 Å². The van der Waals surface area contributed by atoms with Gasteiger partial charge in [0, 0.05) is 24.5 Å². The van der Waals surface area contributed by atoms with Crippen LogP contribution in [0.15, 0.2) is 18.3 Å². The molecule has 1 aromatic rings. The highest BCUT2D eigenvalue weighted by Gasteiger charge is 2.11. The van der Waals surface area contributed by atoms with Gasteiger partial charge >= 0.3 is 0 Å². The van der Waals surface area contributed by atoms with Crippen LogP contribution in [0.4, 0.5) is 5.69 Å². The number of anilines is 1. The first-order chi connectivity index (χ1) is 8.71. The maximum Gasteiger partial charge on any atom is 0.270 e. The number of nitrogens with zero attached hydrogens (tertiary/aromatic N) is 1. The van der Waals surface area contributed by atoms with Crippen molar-refractivity contribution >= 4 is 11.6 Å². The summed E-state index contributed by atoms with van der Waals surface area (Å²) in [5.41, 5.74) is 1.42. The zero-order valence-corrected chi connectivity index (χ0v) is 11.5. The van der Waals surface area contributed by atoms with Gasteiger partial charge in [0.1, 0.15) is 5.69 Å². The van der Waals surface area contributed by atoms with Crippen molar-refractivity contribution in [1.82, 2.24) is 10.3 Å². The molecule has 1 rings (SSSR count). The summed E-state index contributed by atoms with van der Waals surface area (Å²) in [6.07, 6.45) is 4.60. The second kappa shape index (κ2) is 7.69. The second-order valence-electron chi connectivity index (χ2n) is 4.34. The first kappa shape index (κ1) is 14.5. The van der Waals surface area contributed by atoms with E-state index in [1.165, 1.54) is 0 Å². The van der Waals surface area contributed by atoms with Gasteiger partial charge in [-0.05, 0) is 31.4 Å². The summed E-state index contributed by atoms with van der Waals surface area (Å²) in [5, 5.41) is 6.24. The minimum atomic E-state index is -0.0937. The molecule has 0 aromatic carbocycles. The van der Waals surface area contributed by atoms with Crippen molar-refractivity contribution in [2.75, 3.05) is 11.9 Å². The summed E-state index contributed by atoms with van der Waals surface area (Å²) in [4.78, 5) is 16.1. The zero-order chi connectivity index (χ0) is 13.4. The molecule has 0 radical (unpaired) electrons. The lowest BCUT2D eigenvalue weighted by atomic mass is 10.1. The fraction of sp³-hybridized carbons (Fsp3) is 0.571. The lowest BCUT2D eigenvalue weighted by Gasteiger charge is -2.14. The van der Waals surface area contributed by atoms with E-state index in [0.29, 0.717) is 5.69 Å². The van der Waals surface area contributed by atoms with Crippen LogP contribution in [0.3, 0.4) is 0 Å². The molecule has 0 aliphatic heterocycles. The van der Waals surface area contributed by atoms with Crippen LogP contribution in [0.5, 0.6) is 0 Å². The molecule has 1 amide bonds. The van der Waals surface area contributed by atoms with Crippen molar-refractivity contribution in [3.8, 4) is 0 Å². The summed E-state index contributed by atoms with van der Waals surface area (Å²) < 4.78 is 0. The Bertz CT molecular complexity index is 375. The lowest BCUT2D eigenvalue weighted by molar-refractivity contribution is 0.0930. The molecular formula is C14H23N3O. The van der Waals surface area contributed by atoms with E-state index in [0.717, 1.165) is 31.5 Å². The van der Waals surface area contributed by atoms with Gasteiger partial charge < -0.3 is 10.6 Å². The Hall–Kier alpha value is -1.58. The molecule has 1 heterocycles. The van der Waals surface area contributed by atoms with Crippen LogP contribution in [0, 0.1) is 0 Å². The number of hydrogen-bond donors (Lipinski definition) is 2. The fourth-order valence-corrected chi connectivity index (χ4v) is 1.69. The Labute approximate surface area is 109 Å². The van der Waals surface area contributed by atoms with Crippen LogP contribution in [0.1, 0.15) is 50.5 Å². The summed E-state index contributed by atoms with van der Waals surface area (Å²) in [6.45, 7) is 7.15. The molecule has 0 atom stereocenters. The molecule has 0 saturated carbocycles. The monoisotopic (exact) mass is 249 g/mol. The highest BCUT2D eigenvalue weighted by molar-refractivity contribution is 5.93. The van der Waals surface area contributed by atoms with Gasteiger partial charge in [-0.3, -0.25) is 9.78 Å². The molecule has 4 heteroatoms. The van der Waals surface area contributed by atoms with E-state index in [-0.39, 0.29) is 11.9 Å². The Morgan fingerprint density at radius 1 is 1.33 bits per heavy atom. The average Bonchev–Trinajstić information content (AvgIpc) is 2.42. The number of aromatic nitrogens is 1. The van der Waals surface area contributed by atoms with Gasteiger partial charge in [-0.1, -0.05) is 20.8 Å². The minimum absolute atomic E-state index is 0.0937. The normalized spacial score (nSPS) is 10.4. The summed E-state index contributed by atoms with van der Waals surface area (Å²) in [5.74, 6) is -0.0937. The van der Waals surface area contributed by atoms with Crippen molar-refractivity contribution in [3.63, 3.8) is 0 Å². The van der Waals surface area contributed by atoms with Crippen molar-refractivity contribution in [2.24, 2.45) is 0 Å². The van der Waals surface area contributed by atoms with Gasteiger partial charge in [0.2, 0.25) is 0 Å². The first-order valence-corrected chi connectivity index (χ1v) is 6.72. The molecule has 18 heavy (non-hydrogen) atoms. The molecule has 100 valence electrons. The fourth-order valence-electron chi connectivity index (χ4n) is 1.69. The highest BCUT2D eigenvalue weighted by atomic mass is 16.1. The van der Waals surface area contributed by atoms with Crippen LogP contribution in [0.25, 0.3) is 0 Å². The van der Waals surface area contributed by atoms with Crippen molar-refractivity contribution in [2.45, 2.75) is 46.1 Å². The number of nitrogens with one attached hydrogen (secondary N) is 2. The largest absolute Gasteiger partial charge is 0.385 e. The van der Waals surface area contributed by atoms with Crippen LogP contribution in [0.2, 0.25) is 0 Å². The maximum atomic E-state index is 12.0. The van der Waals surface area contributed by atoms with Crippen molar-refractivity contribution in [1.29, 1.82) is 0 Å². The quantitative estimate of drug-likeness (QED) is 0.781. The summed E-state index contributed by atoms with van der Waals surface area (Å²) >= 11 is 0. The predicted molar refractivity (Wildman–Crippen MR) is 74.9 cm³/mol. The van der Waals surface area contributed by atoms with Gasteiger partial charge in [-0.15, -0.1) is 0 Å². The van der Waals surface area contributed by atoms with E-state index in [2.05, 4.69) is 36.4 Å². The molecule has 0 aliphatic rings. The highest BCUT2D eigenvalue weighted by Crippen LogP contribution is 2.08. The Morgan fingerprint density at radius 2 is 2.06 bits per heavy atom. The van der Waals surface area contributed by atoms with E-state index >= 15 is 0 Å². The molecule has 0 bridgehead atoms. The Morgan fingerprint density at radius 3 is 2.67 bits per heavy atom. The third kappa shape index (κ3) is 4.35. The van der Waals surface area contributed by atoms with Crippen molar-refractivity contribution < 1.29 is 4.79 Å². The number of rotatable bonds is 7. The molecule has 0 saturated heterocycles. The van der Waals surface area contributed by atoms with E-state index in [9.17, 15) is 4.79 Å². The summed E-state index contributed by atoms with van der Waals surface area (Å²) in [6, 6.07) is 3.91. The van der Waals surface area contributed by atoms with Crippen LogP contribution >= 0.6 is 0 Å². The Kier molecular flexibility index (Phi) is 6.19. The lowest BCUT2D eigenvalue weighted by Crippen LogP contribution is -2.34. The second-order valence-corrected chi connectivity index (χ2v) is 4.34. The molecular weight excluding hydrogens is 226 g/mol. The zero-order valence-electron chi connectivity index (χ0n) is 11.5. The van der Waals surface area contributed by atoms with E-state index in [4.69, 9.17) is 0 Å². The molecule has 4 nitrogen and oxygen atoms in total. The van der Waals surface area contributed by atoms with E-state index in [1.54, 1.807) is 12.3 Å². The summed E-state index contributed by atoms with van der Waals surface area (Å²) in [7, 11) is 0. The van der Waals surface area contributed by atoms with E-state index < -0.39 is 0 Å². The number of carbonyl (C=O) groups excluding carboxylic acids is 1. The molecule has 0 fully saturated rings. The van der Waals surface area contributed by atoms with Crippen LogP contribution in [-0.4, -0.2) is 23.5 Å². The molecule has 0 aliphatic carbocycles. The molecule has 2 N–H and O–H groups in total. The smallest absolute Gasteiger partial charge is 0.270 e. The number of pyridine rings is 1. The van der Waals surface area contributed by atoms with Gasteiger partial charge in [0.15, 0.2) is 0 Å². The molecule has 0 spiro atoms. The first-order valence-electron chi connectivity index (χ1n) is 6.72. The predicted octanol–water partition coefficient (Wildman–Crippen LogP) is 2.82. The number of carbonyl (C=O) groups is 1. The minimum Gasteiger partial charge on any atom is -0.385 e. The van der Waals surface area contributed by atoms with Gasteiger partial charge in [0.05, 0.1) is 0 Å². The Balaban J connectivity index is 2.67. The van der Waals surface area contributed by atoms with Crippen LogP contribution in [-0.2, 0) is 0 Å². The third-order valence-electron chi connectivity index (χ3n) is 2.89. The number of amides is 1. The van der Waals surface area contributed by atoms with Gasteiger partial charge in [0.25, 0.3) is 5.91 Å². The molecule has 0 unspecified atom stereocenters. The third-order valence-corrected chi connectivity index (χ3v) is 2.89. The van der Waals surface area contributed by atoms with Crippen LogP contribution < -0.4 is 10.6 Å². The topological polar surface area (TPSA) is 54.0 Å². The maximum absolute atomic E-state index is 12.0. The van der Waals surface area contributed by atoms with E-state index in [1.807, 2.05) is 6.07 Å². The SMILES string of the molecule is CCCNc1ccnc(C(=O)NC(CC)CC)c1. The van der Waals surface area contributed by atoms with Gasteiger partial charge in [-0.25, -0.2) is 0 Å². The van der Waals surface area contributed by atoms with Gasteiger partial charge in [-0.2, -0.15) is 0 Å². The standard InChI is InChI=1S/C14H23N3O/c1-4-8-15-12-7-9-16-13(10-12)14(18)17-11(5-2)6-3/h7,9-11H,4-6,8H2,1-3H3,(H,15,16)(H,17,18).